The Labute approximate surface area is 461 Å². The number of phenolic OH excluding ortho intramolecular Hbond substituents is 2. The van der Waals surface area contributed by atoms with E-state index in [2.05, 4.69) is 45.7 Å². The largest absolute Gasteiger partial charge is 1.00 e. The van der Waals surface area contributed by atoms with E-state index >= 15 is 0 Å². The molecule has 0 saturated heterocycles. The molecule has 4 aromatic rings. The Bertz CT molecular complexity index is 2800. The van der Waals surface area contributed by atoms with Crippen molar-refractivity contribution in [3.05, 3.63) is 62.4 Å². The molecule has 5 N–H and O–H groups in total. The molecule has 63 heavy (non-hydrogen) atoms. The van der Waals surface area contributed by atoms with E-state index in [9.17, 15) is 40.0 Å². The van der Waals surface area contributed by atoms with Crippen LogP contribution in [0.1, 0.15) is 0 Å². The van der Waals surface area contributed by atoms with E-state index in [1.165, 1.54) is 38.5 Å². The Morgan fingerprint density at radius 2 is 1.16 bits per heavy atom. The summed E-state index contributed by atoms with van der Waals surface area (Å²) in [5, 5.41) is 40.9. The van der Waals surface area contributed by atoms with E-state index in [0.717, 1.165) is 6.07 Å². The Balaban J connectivity index is -0.00000104. The summed E-state index contributed by atoms with van der Waals surface area (Å²) in [6, 6.07) is 11.0. The first-order valence-corrected chi connectivity index (χ1v) is 22.2. The Morgan fingerprint density at radius 3 is 1.60 bits per heavy atom. The van der Waals surface area contributed by atoms with Crippen LogP contribution in [0.2, 0.25) is 0 Å². The molecule has 0 amide bonds. The van der Waals surface area contributed by atoms with Gasteiger partial charge in [-0.05, 0) is 18.2 Å². The molecule has 24 nitrogen and oxygen atoms in total. The minimum Gasteiger partial charge on any atom is -0.744 e. The van der Waals surface area contributed by atoms with Crippen LogP contribution in [-0.4, -0.2) is 108 Å². The van der Waals surface area contributed by atoms with Gasteiger partial charge in [0.05, 0.1) is 29.7 Å². The zero-order chi connectivity index (χ0) is 44.6. The number of rotatable bonds is 12. The average Bonchev–Trinajstić information content (AvgIpc) is 3.11. The minimum absolute atomic E-state index is 0. The second-order valence-electron chi connectivity index (χ2n) is 10.5. The van der Waals surface area contributed by atoms with Gasteiger partial charge in [-0.3, -0.25) is 9.11 Å². The first kappa shape index (κ1) is 69.0. The summed E-state index contributed by atoms with van der Waals surface area (Å²) in [6.07, 6.45) is 0. The van der Waals surface area contributed by atoms with Crippen LogP contribution in [0.15, 0.2) is 77.6 Å². The van der Waals surface area contributed by atoms with Crippen molar-refractivity contribution in [1.29, 1.82) is 0 Å². The number of phenols is 2. The number of anilines is 1. The number of hydrogen-bond acceptors (Lipinski definition) is 22. The number of azo groups is 2. The van der Waals surface area contributed by atoms with E-state index in [1.54, 1.807) is 13.1 Å². The summed E-state index contributed by atoms with van der Waals surface area (Å²) >= 11 is 0. The van der Waals surface area contributed by atoms with Crippen molar-refractivity contribution in [3.8, 4) is 23.0 Å². The fourth-order valence-corrected chi connectivity index (χ4v) is 6.77. The van der Waals surface area contributed by atoms with Crippen LogP contribution in [-0.2, 0) is 67.7 Å². The maximum atomic E-state index is 12.5. The van der Waals surface area contributed by atoms with Crippen LogP contribution in [0.5, 0.6) is 23.0 Å². The van der Waals surface area contributed by atoms with Crippen molar-refractivity contribution in [2.75, 3.05) is 38.1 Å². The smallest absolute Gasteiger partial charge is 0.744 e. The van der Waals surface area contributed by atoms with E-state index in [4.69, 9.17) is 44.5 Å². The van der Waals surface area contributed by atoms with Crippen molar-refractivity contribution in [3.63, 3.8) is 0 Å². The zero-order valence-electron chi connectivity index (χ0n) is 33.9. The molecule has 0 aliphatic rings. The number of benzene rings is 4. The molecule has 0 saturated carbocycles. The van der Waals surface area contributed by atoms with Crippen LogP contribution < -0.4 is 133 Å². The number of methoxy groups -OCH3 is 2. The van der Waals surface area contributed by atoms with Crippen molar-refractivity contribution >= 4 is 89.8 Å². The molecule has 331 valence electrons. The van der Waals surface area contributed by atoms with Crippen LogP contribution in [0.3, 0.4) is 0 Å². The molecule has 0 aliphatic heterocycles. The number of nitrogens with zero attached hydrogens (tertiary/aromatic N) is 4. The van der Waals surface area contributed by atoms with Gasteiger partial charge in [-0.2, -0.15) is 22.4 Å². The maximum Gasteiger partial charge on any atom is 1.00 e. The second kappa shape index (κ2) is 28.7. The van der Waals surface area contributed by atoms with Crippen molar-refractivity contribution in [1.82, 2.24) is 0 Å². The summed E-state index contributed by atoms with van der Waals surface area (Å²) in [7, 11) is -18.9. The predicted molar refractivity (Wildman–Crippen MR) is 197 cm³/mol. The van der Waals surface area contributed by atoms with Gasteiger partial charge in [-0.15, -0.1) is 10.2 Å². The van der Waals surface area contributed by atoms with E-state index in [-0.39, 0.29) is 174 Å². The first-order chi connectivity index (χ1) is 26.5. The topological polar surface area (TPSA) is 401 Å². The molecule has 0 unspecified atom stereocenters. The number of hydrogen-bond donors (Lipinski definition) is 5. The Hall–Kier alpha value is -0.591. The third-order valence-electron chi connectivity index (χ3n) is 6.83. The van der Waals surface area contributed by atoms with Crippen LogP contribution in [0, 0.1) is 19.9 Å². The molecule has 4 rings (SSSR count). The summed E-state index contributed by atoms with van der Waals surface area (Å²) in [5.41, 5.74) is -0.236. The molecule has 1 radical (unpaired) electrons. The number of fused-ring (bicyclic) bond motifs is 1. The van der Waals surface area contributed by atoms with Gasteiger partial charge in [0.25, 0.3) is 0 Å². The molecule has 0 bridgehead atoms. The number of sulfone groups is 2. The monoisotopic (exact) mass is 1070 g/mol. The molecule has 0 atom stereocenters. The van der Waals surface area contributed by atoms with E-state index < -0.39 is 89.1 Å². The molecule has 4 aromatic carbocycles. The van der Waals surface area contributed by atoms with E-state index in [1.807, 2.05) is 0 Å². The maximum absolute atomic E-state index is 12.5. The fraction of sp³-hybridized carbons (Fsp3) is 0.172. The van der Waals surface area contributed by atoms with Crippen molar-refractivity contribution < 1.29 is 220 Å². The second-order valence-corrected chi connectivity index (χ2v) is 17.7. The van der Waals surface area contributed by atoms with Gasteiger partial charge >= 0.3 is 118 Å². The van der Waals surface area contributed by atoms with Gasteiger partial charge in [-0.1, -0.05) is 28.3 Å². The number of ether oxygens (including phenoxy) is 2. The minimum atomic E-state index is -5.34. The Morgan fingerprint density at radius 1 is 0.667 bits per heavy atom. The van der Waals surface area contributed by atoms with Crippen molar-refractivity contribution in [2.24, 2.45) is 20.5 Å². The van der Waals surface area contributed by atoms with Crippen LogP contribution in [0.4, 0.5) is 28.4 Å². The molecule has 0 aromatic heterocycles. The van der Waals surface area contributed by atoms with E-state index in [0.29, 0.717) is 17.1 Å². The predicted octanol–water partition coefficient (Wildman–Crippen LogP) is -8.92. The summed E-state index contributed by atoms with van der Waals surface area (Å²) in [5.74, 6) is -2.70. The molecule has 0 aliphatic carbocycles. The summed E-state index contributed by atoms with van der Waals surface area (Å²) < 4.78 is 161. The molecule has 0 fully saturated rings. The van der Waals surface area contributed by atoms with Gasteiger partial charge < -0.3 is 52.5 Å². The van der Waals surface area contributed by atoms with Gasteiger partial charge in [0, 0.05) is 53.4 Å². The molecule has 0 spiro atoms. The SMILES string of the molecule is O=S(=O)([O-])O.O=S(=O)([O-])O.[CH2-]CS(=O)(=O)c1cc(N=Nc2[c-]cc3c(N=Nc4cc(OC)c(S(=O)(=O)C[CH2-])cc4OC)c(NC)ccc3c2O)c(O)c(S(=O)(=O)[O-])c1.[Cu].[Na+].[Na+].[Na+].[Na+]. The Kier molecular flexibility index (Phi) is 31.4. The summed E-state index contributed by atoms with van der Waals surface area (Å²) in [6.45, 7) is 6.71. The van der Waals surface area contributed by atoms with Crippen LogP contribution >= 0.6 is 0 Å². The molecular weight excluding hydrogens is 1040 g/mol. The number of nitrogens with one attached hydrogen (secondary N) is 1. The number of aromatic hydroxyl groups is 2. The van der Waals surface area contributed by atoms with Gasteiger partial charge in [-0.25, -0.2) is 42.1 Å². The third kappa shape index (κ3) is 21.1. The zero-order valence-corrected chi connectivity index (χ0v) is 46.9. The quantitative estimate of drug-likeness (QED) is 0.0289. The molecule has 34 heteroatoms. The van der Waals surface area contributed by atoms with Crippen LogP contribution in [0.25, 0.3) is 10.8 Å². The van der Waals surface area contributed by atoms with Gasteiger partial charge in [0.15, 0.2) is 25.4 Å². The molecule has 0 heterocycles. The summed E-state index contributed by atoms with van der Waals surface area (Å²) in [4.78, 5) is -2.03. The van der Waals surface area contributed by atoms with Crippen molar-refractivity contribution in [2.45, 2.75) is 14.7 Å². The standard InChI is InChI=1S/C29H28N5O11S3.Cu.4Na.2H2O4S/c1-6-46(37,38)16-12-22(29(36)26(13-16)48(41,42)43)33-31-20-11-8-17-18(28(20)35)9-10-19(30-3)27(17)34-32-21-14-24(45-5)25(15-23(21)44-4)47(39,40)7-2;;;;;;2*1-5(2,3)4/h8-10,12-15,30,35-36H,1-2,6-7H2,3-5H3,(H,41,42,43);;;;;;2*(H2,1,2,3,4)/q-3;;4*+1;;/p-3. The normalized spacial score (nSPS) is 11.5. The molecular formula is C29H29CuN5Na4O19S5-2. The average molecular weight is 1070 g/mol. The first-order valence-electron chi connectivity index (χ1n) is 14.7. The third-order valence-corrected chi connectivity index (χ3v) is 10.7. The van der Waals surface area contributed by atoms with Gasteiger partial charge in [0.1, 0.15) is 37.9 Å². The fourth-order valence-electron chi connectivity index (χ4n) is 4.31. The van der Waals surface area contributed by atoms with Gasteiger partial charge in [0.2, 0.25) is 20.8 Å².